The van der Waals surface area contributed by atoms with Crippen LogP contribution >= 0.6 is 7.82 Å². The van der Waals surface area contributed by atoms with Gasteiger partial charge < -0.3 is 0 Å². The molecule has 0 fully saturated rings. The molecule has 7 heteroatoms. The highest BCUT2D eigenvalue weighted by Crippen LogP contribution is 2.48. The molecule has 0 bridgehead atoms. The van der Waals surface area contributed by atoms with Crippen LogP contribution in [0.2, 0.25) is 0 Å². The van der Waals surface area contributed by atoms with Crippen LogP contribution in [0.5, 0.6) is 0 Å². The molecular formula is C5H11F2O4P. The zero-order valence-electron chi connectivity index (χ0n) is 6.66. The Morgan fingerprint density at radius 2 is 1.58 bits per heavy atom. The summed E-state index contributed by atoms with van der Waals surface area (Å²) in [5.74, 6) is 0. The maximum Gasteiger partial charge on any atom is 0.474 e. The van der Waals surface area contributed by atoms with Crippen molar-refractivity contribution in [2.24, 2.45) is 0 Å². The molecule has 0 saturated heterocycles. The molecule has 0 N–H and O–H groups in total. The average molecular weight is 204 g/mol. The second-order valence-electron chi connectivity index (χ2n) is 1.67. The second-order valence-corrected chi connectivity index (χ2v) is 3.45. The smallest absolute Gasteiger partial charge is 0.290 e. The SMILES string of the molecule is COP(=O)(OCCF)OCCF. The minimum Gasteiger partial charge on any atom is -0.290 e. The molecular weight excluding hydrogens is 193 g/mol. The van der Waals surface area contributed by atoms with Gasteiger partial charge >= 0.3 is 7.82 Å². The van der Waals surface area contributed by atoms with Crippen LogP contribution in [0.15, 0.2) is 0 Å². The lowest BCUT2D eigenvalue weighted by Gasteiger charge is -2.13. The van der Waals surface area contributed by atoms with E-state index in [1.165, 1.54) is 0 Å². The molecule has 0 heterocycles. The van der Waals surface area contributed by atoms with Crippen molar-refractivity contribution in [3.8, 4) is 0 Å². The summed E-state index contributed by atoms with van der Waals surface area (Å²) in [5.41, 5.74) is 0. The van der Waals surface area contributed by atoms with Gasteiger partial charge in [0.15, 0.2) is 0 Å². The van der Waals surface area contributed by atoms with Gasteiger partial charge in [0, 0.05) is 7.11 Å². The van der Waals surface area contributed by atoms with E-state index in [0.717, 1.165) is 7.11 Å². The van der Waals surface area contributed by atoms with E-state index < -0.39 is 34.4 Å². The number of alkyl halides is 2. The minimum absolute atomic E-state index is 0.391. The summed E-state index contributed by atoms with van der Waals surface area (Å²) in [4.78, 5) is 0. The Kier molecular flexibility index (Phi) is 6.47. The summed E-state index contributed by atoms with van der Waals surface area (Å²) in [7, 11) is -2.63. The van der Waals surface area contributed by atoms with Gasteiger partial charge in [-0.2, -0.15) is 0 Å². The van der Waals surface area contributed by atoms with Crippen LogP contribution < -0.4 is 0 Å². The van der Waals surface area contributed by atoms with Gasteiger partial charge in [-0.15, -0.1) is 0 Å². The third-order valence-electron chi connectivity index (χ3n) is 0.877. The van der Waals surface area contributed by atoms with E-state index >= 15 is 0 Å². The van der Waals surface area contributed by atoms with Crippen LogP contribution in [0.3, 0.4) is 0 Å². The van der Waals surface area contributed by atoms with Crippen LogP contribution in [-0.2, 0) is 18.1 Å². The molecule has 0 aromatic rings. The van der Waals surface area contributed by atoms with Crippen molar-refractivity contribution in [2.75, 3.05) is 33.7 Å². The van der Waals surface area contributed by atoms with Crippen molar-refractivity contribution in [3.63, 3.8) is 0 Å². The Morgan fingerprint density at radius 3 is 1.83 bits per heavy atom. The van der Waals surface area contributed by atoms with Crippen LogP contribution in [0.4, 0.5) is 8.78 Å². The van der Waals surface area contributed by atoms with Gasteiger partial charge in [0.1, 0.15) is 13.3 Å². The number of hydrogen-bond acceptors (Lipinski definition) is 4. The Balaban J connectivity index is 3.79. The van der Waals surface area contributed by atoms with Gasteiger partial charge in [-0.25, -0.2) is 13.3 Å². The summed E-state index contributed by atoms with van der Waals surface area (Å²) >= 11 is 0. The molecule has 0 radical (unpaired) electrons. The first-order valence-corrected chi connectivity index (χ1v) is 4.71. The lowest BCUT2D eigenvalue weighted by atomic mass is 10.9. The molecule has 0 rings (SSSR count). The largest absolute Gasteiger partial charge is 0.474 e. The highest BCUT2D eigenvalue weighted by atomic mass is 31.2. The van der Waals surface area contributed by atoms with E-state index in [1.807, 2.05) is 0 Å². The summed E-state index contributed by atoms with van der Waals surface area (Å²) in [6.07, 6.45) is 0. The third-order valence-corrected chi connectivity index (χ3v) is 2.32. The van der Waals surface area contributed by atoms with Gasteiger partial charge in [-0.1, -0.05) is 0 Å². The van der Waals surface area contributed by atoms with Crippen molar-refractivity contribution in [1.29, 1.82) is 0 Å². The van der Waals surface area contributed by atoms with Gasteiger partial charge in [-0.05, 0) is 0 Å². The third kappa shape index (κ3) is 4.77. The van der Waals surface area contributed by atoms with Gasteiger partial charge in [-0.3, -0.25) is 13.6 Å². The second kappa shape index (κ2) is 6.48. The molecule has 4 nitrogen and oxygen atoms in total. The zero-order valence-corrected chi connectivity index (χ0v) is 7.56. The molecule has 0 spiro atoms. The molecule has 74 valence electrons. The topological polar surface area (TPSA) is 44.8 Å². The molecule has 12 heavy (non-hydrogen) atoms. The fourth-order valence-electron chi connectivity index (χ4n) is 0.435. The van der Waals surface area contributed by atoms with E-state index in [2.05, 4.69) is 13.6 Å². The lowest BCUT2D eigenvalue weighted by molar-refractivity contribution is 0.118. The highest BCUT2D eigenvalue weighted by molar-refractivity contribution is 7.48. The summed E-state index contributed by atoms with van der Waals surface area (Å²) in [5, 5.41) is 0. The van der Waals surface area contributed by atoms with E-state index in [1.54, 1.807) is 0 Å². The van der Waals surface area contributed by atoms with Crippen molar-refractivity contribution in [2.45, 2.75) is 0 Å². The number of halogens is 2. The average Bonchev–Trinajstić information content (AvgIpc) is 2.11. The van der Waals surface area contributed by atoms with Gasteiger partial charge in [0.05, 0.1) is 13.2 Å². The molecule has 0 aliphatic carbocycles. The van der Waals surface area contributed by atoms with Gasteiger partial charge in [0.2, 0.25) is 0 Å². The van der Waals surface area contributed by atoms with E-state index in [4.69, 9.17) is 0 Å². The number of phosphoric ester groups is 1. The van der Waals surface area contributed by atoms with Crippen LogP contribution in [-0.4, -0.2) is 33.7 Å². The molecule has 0 aliphatic rings. The molecule has 0 aromatic carbocycles. The number of hydrogen-bond donors (Lipinski definition) is 0. The molecule has 0 aliphatic heterocycles. The quantitative estimate of drug-likeness (QED) is 0.592. The molecule has 0 aromatic heterocycles. The number of phosphoric acid groups is 1. The predicted molar refractivity (Wildman–Crippen MR) is 38.5 cm³/mol. The lowest BCUT2D eigenvalue weighted by Crippen LogP contribution is -2.02. The maximum absolute atomic E-state index is 11.6. The van der Waals surface area contributed by atoms with Crippen molar-refractivity contribution >= 4 is 7.82 Å². The molecule has 0 amide bonds. The Bertz CT molecular complexity index is 142. The maximum atomic E-state index is 11.6. The van der Waals surface area contributed by atoms with Crippen LogP contribution in [0.25, 0.3) is 0 Å². The van der Waals surface area contributed by atoms with E-state index in [9.17, 15) is 13.3 Å². The van der Waals surface area contributed by atoms with Crippen molar-refractivity contribution in [3.05, 3.63) is 0 Å². The fraction of sp³-hybridized carbons (Fsp3) is 1.00. The first kappa shape index (κ1) is 12.0. The molecule has 0 unspecified atom stereocenters. The highest BCUT2D eigenvalue weighted by Gasteiger charge is 2.24. The Labute approximate surface area is 69.4 Å². The van der Waals surface area contributed by atoms with Gasteiger partial charge in [0.25, 0.3) is 0 Å². The van der Waals surface area contributed by atoms with E-state index in [0.29, 0.717) is 0 Å². The van der Waals surface area contributed by atoms with Crippen LogP contribution in [0.1, 0.15) is 0 Å². The van der Waals surface area contributed by atoms with Crippen molar-refractivity contribution in [1.82, 2.24) is 0 Å². The zero-order chi connectivity index (χ0) is 9.45. The Hall–Kier alpha value is -0.0300. The Morgan fingerprint density at radius 1 is 1.17 bits per heavy atom. The monoisotopic (exact) mass is 204 g/mol. The normalized spacial score (nSPS) is 11.9. The molecule has 0 saturated carbocycles. The summed E-state index contributed by atoms with van der Waals surface area (Å²) in [6.45, 7) is -2.38. The first-order valence-electron chi connectivity index (χ1n) is 3.25. The first-order chi connectivity index (χ1) is 5.68. The van der Waals surface area contributed by atoms with E-state index in [-0.39, 0.29) is 0 Å². The number of rotatable bonds is 7. The van der Waals surface area contributed by atoms with Crippen molar-refractivity contribution < 1.29 is 26.9 Å². The summed E-state index contributed by atoms with van der Waals surface area (Å²) < 4.78 is 47.3. The predicted octanol–water partition coefficient (Wildman–Crippen LogP) is 1.71. The van der Waals surface area contributed by atoms with Crippen LogP contribution in [0, 0.1) is 0 Å². The summed E-state index contributed by atoms with van der Waals surface area (Å²) in [6, 6.07) is 0. The fourth-order valence-corrected chi connectivity index (χ4v) is 1.31. The minimum atomic E-state index is -3.71. The standard InChI is InChI=1S/C5H11F2O4P/c1-9-12(8,10-4-2-6)11-5-3-7/h2-5H2,1H3. The molecule has 0 atom stereocenters.